The molecule has 1 aliphatic rings. The van der Waals surface area contributed by atoms with E-state index >= 15 is 0 Å². The van der Waals surface area contributed by atoms with E-state index in [0.717, 1.165) is 13.0 Å². The fourth-order valence-electron chi connectivity index (χ4n) is 2.04. The van der Waals surface area contributed by atoms with Gasteiger partial charge in [0.05, 0.1) is 0 Å². The van der Waals surface area contributed by atoms with Gasteiger partial charge in [0.15, 0.2) is 0 Å². The predicted octanol–water partition coefficient (Wildman–Crippen LogP) is 3.09. The van der Waals surface area contributed by atoms with Gasteiger partial charge in [0.25, 0.3) is 0 Å². The second kappa shape index (κ2) is 8.40. The van der Waals surface area contributed by atoms with Gasteiger partial charge in [-0.05, 0) is 32.0 Å². The molecule has 0 saturated carbocycles. The topological polar surface area (TPSA) is 23.5 Å². The minimum Gasteiger partial charge on any atom is -0.396 e. The quantitative estimate of drug-likeness (QED) is 0.639. The van der Waals surface area contributed by atoms with Gasteiger partial charge in [-0.15, -0.1) is 0 Å². The van der Waals surface area contributed by atoms with E-state index in [9.17, 15) is 0 Å². The lowest BCUT2D eigenvalue weighted by molar-refractivity contribution is 0.282. The molecule has 1 rings (SSSR count). The molecule has 1 aliphatic heterocycles. The molecule has 2 heteroatoms. The van der Waals surface area contributed by atoms with E-state index in [0.29, 0.717) is 6.61 Å². The van der Waals surface area contributed by atoms with Crippen molar-refractivity contribution < 1.29 is 5.11 Å². The molecule has 0 aromatic heterocycles. The van der Waals surface area contributed by atoms with Crippen molar-refractivity contribution in [1.29, 1.82) is 0 Å². The van der Waals surface area contributed by atoms with Crippen molar-refractivity contribution in [2.75, 3.05) is 19.7 Å². The molecule has 16 heavy (non-hydrogen) atoms. The number of aliphatic hydroxyl groups excluding tert-OH is 1. The van der Waals surface area contributed by atoms with E-state index < -0.39 is 0 Å². The summed E-state index contributed by atoms with van der Waals surface area (Å²) in [5.41, 5.74) is 1.45. The van der Waals surface area contributed by atoms with Crippen LogP contribution in [0.3, 0.4) is 0 Å². The van der Waals surface area contributed by atoms with Gasteiger partial charge >= 0.3 is 0 Å². The molecule has 2 nitrogen and oxygen atoms in total. The molecule has 0 fully saturated rings. The Balaban J connectivity index is 1.92. The third-order valence-corrected chi connectivity index (χ3v) is 2.98. The first-order valence-electron chi connectivity index (χ1n) is 6.52. The van der Waals surface area contributed by atoms with Crippen molar-refractivity contribution in [2.24, 2.45) is 0 Å². The SMILES string of the molecule is CC1=CC=CN(CCCCCCCCO)C1. The van der Waals surface area contributed by atoms with Gasteiger partial charge in [-0.1, -0.05) is 37.3 Å². The minimum atomic E-state index is 0.351. The number of hydrogen-bond donors (Lipinski definition) is 1. The number of hydrogen-bond acceptors (Lipinski definition) is 2. The Kier molecular flexibility index (Phi) is 6.98. The summed E-state index contributed by atoms with van der Waals surface area (Å²) in [6.07, 6.45) is 13.9. The normalized spacial score (nSPS) is 15.4. The van der Waals surface area contributed by atoms with Gasteiger partial charge in [0, 0.05) is 19.7 Å². The van der Waals surface area contributed by atoms with Crippen molar-refractivity contribution >= 4 is 0 Å². The second-order valence-electron chi connectivity index (χ2n) is 4.67. The third-order valence-electron chi connectivity index (χ3n) is 2.98. The number of unbranched alkanes of at least 4 members (excludes halogenated alkanes) is 5. The number of nitrogens with zero attached hydrogens (tertiary/aromatic N) is 1. The Bertz CT molecular complexity index is 233. The standard InChI is InChI=1S/C14H25NO/c1-14-9-8-11-15(13-14)10-6-4-2-3-5-7-12-16/h8-9,11,16H,2-7,10,12-13H2,1H3. The van der Waals surface area contributed by atoms with Crippen LogP contribution < -0.4 is 0 Å². The fourth-order valence-corrected chi connectivity index (χ4v) is 2.04. The number of rotatable bonds is 8. The van der Waals surface area contributed by atoms with Crippen LogP contribution in [0, 0.1) is 0 Å². The number of allylic oxidation sites excluding steroid dienone is 2. The summed E-state index contributed by atoms with van der Waals surface area (Å²) in [4.78, 5) is 2.39. The molecule has 0 amide bonds. The second-order valence-corrected chi connectivity index (χ2v) is 4.67. The lowest BCUT2D eigenvalue weighted by Gasteiger charge is -2.23. The first-order valence-corrected chi connectivity index (χ1v) is 6.52. The Hall–Kier alpha value is -0.760. The molecule has 0 aliphatic carbocycles. The molecule has 0 spiro atoms. The van der Waals surface area contributed by atoms with Gasteiger partial charge in [-0.3, -0.25) is 0 Å². The highest BCUT2D eigenvalue weighted by atomic mass is 16.2. The van der Waals surface area contributed by atoms with Crippen LogP contribution in [-0.4, -0.2) is 29.7 Å². The van der Waals surface area contributed by atoms with E-state index in [1.54, 1.807) is 0 Å². The van der Waals surface area contributed by atoms with Crippen molar-refractivity contribution in [3.63, 3.8) is 0 Å². The average molecular weight is 223 g/mol. The van der Waals surface area contributed by atoms with Gasteiger partial charge in [-0.2, -0.15) is 0 Å². The molecule has 0 unspecified atom stereocenters. The summed E-state index contributed by atoms with van der Waals surface area (Å²) in [6, 6.07) is 0. The zero-order valence-electron chi connectivity index (χ0n) is 10.5. The molecular formula is C14H25NO. The molecule has 0 aromatic rings. The lowest BCUT2D eigenvalue weighted by Crippen LogP contribution is -2.22. The lowest BCUT2D eigenvalue weighted by atomic mass is 10.1. The van der Waals surface area contributed by atoms with E-state index in [1.165, 1.54) is 44.2 Å². The van der Waals surface area contributed by atoms with Gasteiger partial charge < -0.3 is 10.0 Å². The number of aliphatic hydroxyl groups is 1. The van der Waals surface area contributed by atoms with Crippen LogP contribution in [0.5, 0.6) is 0 Å². The smallest absolute Gasteiger partial charge is 0.0431 e. The van der Waals surface area contributed by atoms with E-state index in [2.05, 4.69) is 30.2 Å². The third kappa shape index (κ3) is 5.96. The van der Waals surface area contributed by atoms with E-state index in [-0.39, 0.29) is 0 Å². The molecule has 0 atom stereocenters. The molecule has 0 aromatic carbocycles. The van der Waals surface area contributed by atoms with Gasteiger partial charge in [-0.25, -0.2) is 0 Å². The van der Waals surface area contributed by atoms with Crippen molar-refractivity contribution in [2.45, 2.75) is 45.4 Å². The van der Waals surface area contributed by atoms with Gasteiger partial charge in [0.1, 0.15) is 0 Å². The van der Waals surface area contributed by atoms with Crippen LogP contribution in [0.2, 0.25) is 0 Å². The monoisotopic (exact) mass is 223 g/mol. The van der Waals surface area contributed by atoms with Crippen LogP contribution in [0.25, 0.3) is 0 Å². The highest BCUT2D eigenvalue weighted by Crippen LogP contribution is 2.10. The predicted molar refractivity (Wildman–Crippen MR) is 69.3 cm³/mol. The molecule has 1 heterocycles. The Labute approximate surface area is 99.7 Å². The Morgan fingerprint density at radius 2 is 1.81 bits per heavy atom. The first-order chi connectivity index (χ1) is 7.83. The first kappa shape index (κ1) is 13.3. The Morgan fingerprint density at radius 1 is 1.12 bits per heavy atom. The van der Waals surface area contributed by atoms with Crippen LogP contribution in [-0.2, 0) is 0 Å². The highest BCUT2D eigenvalue weighted by Gasteiger charge is 2.02. The summed E-state index contributed by atoms with van der Waals surface area (Å²) in [5, 5.41) is 8.64. The molecule has 0 bridgehead atoms. The molecule has 1 N–H and O–H groups in total. The van der Waals surface area contributed by atoms with E-state index in [1.807, 2.05) is 0 Å². The molecule has 0 saturated heterocycles. The van der Waals surface area contributed by atoms with Crippen LogP contribution in [0.1, 0.15) is 45.4 Å². The van der Waals surface area contributed by atoms with E-state index in [4.69, 9.17) is 5.11 Å². The average Bonchev–Trinajstić information content (AvgIpc) is 2.28. The van der Waals surface area contributed by atoms with Crippen molar-refractivity contribution in [1.82, 2.24) is 4.90 Å². The maximum absolute atomic E-state index is 8.64. The van der Waals surface area contributed by atoms with Crippen molar-refractivity contribution in [3.8, 4) is 0 Å². The van der Waals surface area contributed by atoms with Crippen LogP contribution >= 0.6 is 0 Å². The summed E-state index contributed by atoms with van der Waals surface area (Å²) in [6.45, 7) is 4.82. The maximum atomic E-state index is 8.64. The highest BCUT2D eigenvalue weighted by molar-refractivity contribution is 5.16. The van der Waals surface area contributed by atoms with Gasteiger partial charge in [0.2, 0.25) is 0 Å². The summed E-state index contributed by atoms with van der Waals surface area (Å²) < 4.78 is 0. The van der Waals surface area contributed by atoms with Crippen LogP contribution in [0.15, 0.2) is 23.9 Å². The largest absolute Gasteiger partial charge is 0.396 e. The van der Waals surface area contributed by atoms with Crippen molar-refractivity contribution in [3.05, 3.63) is 23.9 Å². The molecule has 92 valence electrons. The summed E-state index contributed by atoms with van der Waals surface area (Å²) >= 11 is 0. The minimum absolute atomic E-state index is 0.351. The zero-order valence-corrected chi connectivity index (χ0v) is 10.5. The van der Waals surface area contributed by atoms with Crippen LogP contribution in [0.4, 0.5) is 0 Å². The molecular weight excluding hydrogens is 198 g/mol. The summed E-state index contributed by atoms with van der Waals surface area (Å²) in [5.74, 6) is 0. The molecule has 0 radical (unpaired) electrons. The zero-order chi connectivity index (χ0) is 11.6. The maximum Gasteiger partial charge on any atom is 0.0431 e. The Morgan fingerprint density at radius 3 is 2.50 bits per heavy atom. The summed E-state index contributed by atoms with van der Waals surface area (Å²) in [7, 11) is 0. The fraction of sp³-hybridized carbons (Fsp3) is 0.714.